The third-order valence-corrected chi connectivity index (χ3v) is 5.05. The van der Waals surface area contributed by atoms with Gasteiger partial charge in [-0.25, -0.2) is 0 Å². The fourth-order valence-corrected chi connectivity index (χ4v) is 3.65. The van der Waals surface area contributed by atoms with Crippen LogP contribution in [0.2, 0.25) is 0 Å². The molecule has 0 atom stereocenters. The minimum absolute atomic E-state index is 0.00525. The molecule has 0 fully saturated rings. The van der Waals surface area contributed by atoms with E-state index in [4.69, 9.17) is 0 Å². The first-order valence-corrected chi connectivity index (χ1v) is 9.14. The maximum absolute atomic E-state index is 13.0. The molecule has 3 rings (SSSR count). The Morgan fingerprint density at radius 3 is 2.28 bits per heavy atom. The van der Waals surface area contributed by atoms with Gasteiger partial charge in [-0.3, -0.25) is 9.36 Å². The van der Waals surface area contributed by atoms with Gasteiger partial charge in [0.05, 0.1) is 10.2 Å². The highest BCUT2D eigenvalue weighted by molar-refractivity contribution is 7.07. The molecule has 144 valence electrons. The molecule has 0 aliphatic rings. The first kappa shape index (κ1) is 20.0. The van der Waals surface area contributed by atoms with E-state index in [0.29, 0.717) is 15.8 Å². The van der Waals surface area contributed by atoms with Crippen LogP contribution < -0.4 is 19.5 Å². The van der Waals surface area contributed by atoms with Gasteiger partial charge < -0.3 is 4.74 Å². The smallest absolute Gasteiger partial charge is 0.387 e. The number of thiazole rings is 1. The first-order chi connectivity index (χ1) is 13.9. The predicted octanol–water partition coefficient (Wildman–Crippen LogP) is 2.84. The van der Waals surface area contributed by atoms with Crippen molar-refractivity contribution in [2.45, 2.75) is 13.5 Å². The number of hydrogen-bond acceptors (Lipinski definition) is 5. The van der Waals surface area contributed by atoms with Crippen LogP contribution in [-0.4, -0.2) is 11.2 Å². The summed E-state index contributed by atoms with van der Waals surface area (Å²) < 4.78 is 30.7. The number of benzene rings is 2. The van der Waals surface area contributed by atoms with Gasteiger partial charge in [0, 0.05) is 0 Å². The maximum Gasteiger partial charge on any atom is 0.387 e. The van der Waals surface area contributed by atoms with Crippen LogP contribution in [0.5, 0.6) is 5.75 Å². The second-order valence-electron chi connectivity index (χ2n) is 5.94. The molecular formula is C21H13F2N3O2S. The van der Waals surface area contributed by atoms with E-state index in [1.54, 1.807) is 18.2 Å². The van der Waals surface area contributed by atoms with Crippen molar-refractivity contribution in [3.63, 3.8) is 0 Å². The Morgan fingerprint density at radius 1 is 1.10 bits per heavy atom. The third kappa shape index (κ3) is 4.40. The zero-order valence-corrected chi connectivity index (χ0v) is 15.9. The molecule has 0 bridgehead atoms. The molecule has 8 heteroatoms. The van der Waals surface area contributed by atoms with E-state index in [-0.39, 0.29) is 21.5 Å². The van der Waals surface area contributed by atoms with Crippen molar-refractivity contribution >= 4 is 23.0 Å². The molecule has 0 radical (unpaired) electrons. The highest BCUT2D eigenvalue weighted by Gasteiger charge is 2.11. The molecule has 0 aliphatic carbocycles. The minimum Gasteiger partial charge on any atom is -0.435 e. The summed E-state index contributed by atoms with van der Waals surface area (Å²) in [6.07, 6.45) is 1.57. The Labute approximate surface area is 168 Å². The number of alkyl halides is 2. The van der Waals surface area contributed by atoms with Gasteiger partial charge in [0.25, 0.3) is 5.56 Å². The lowest BCUT2D eigenvalue weighted by atomic mass is 10.2. The molecule has 1 aromatic heterocycles. The number of halogens is 2. The molecule has 29 heavy (non-hydrogen) atoms. The van der Waals surface area contributed by atoms with E-state index in [2.05, 4.69) is 4.74 Å². The van der Waals surface area contributed by atoms with Gasteiger partial charge in [-0.05, 0) is 42.8 Å². The summed E-state index contributed by atoms with van der Waals surface area (Å²) in [5.74, 6) is 0.00525. The lowest BCUT2D eigenvalue weighted by molar-refractivity contribution is -0.0498. The van der Waals surface area contributed by atoms with Gasteiger partial charge in [-0.15, -0.1) is 11.3 Å². The quantitative estimate of drug-likeness (QED) is 0.664. The molecule has 3 aromatic rings. The highest BCUT2D eigenvalue weighted by atomic mass is 32.1. The van der Waals surface area contributed by atoms with Crippen molar-refractivity contribution in [2.24, 2.45) is 0 Å². The second-order valence-corrected chi connectivity index (χ2v) is 6.97. The maximum atomic E-state index is 13.0. The third-order valence-electron chi connectivity index (χ3n) is 3.96. The average Bonchev–Trinajstić information content (AvgIpc) is 3.01. The monoisotopic (exact) mass is 409 g/mol. The fourth-order valence-electron chi connectivity index (χ4n) is 2.60. The number of aromatic nitrogens is 1. The van der Waals surface area contributed by atoms with Crippen molar-refractivity contribution in [3.8, 4) is 23.6 Å². The van der Waals surface area contributed by atoms with Crippen LogP contribution >= 0.6 is 11.3 Å². The minimum atomic E-state index is -2.92. The van der Waals surface area contributed by atoms with E-state index in [1.165, 1.54) is 28.8 Å². The van der Waals surface area contributed by atoms with Gasteiger partial charge in [-0.1, -0.05) is 29.8 Å². The van der Waals surface area contributed by atoms with Crippen LogP contribution in [0.3, 0.4) is 0 Å². The molecule has 0 aliphatic heterocycles. The van der Waals surface area contributed by atoms with Crippen LogP contribution in [0, 0.1) is 29.6 Å². The summed E-state index contributed by atoms with van der Waals surface area (Å²) >= 11 is 1.01. The Balaban J connectivity index is 2.21. The zero-order valence-electron chi connectivity index (χ0n) is 15.1. The van der Waals surface area contributed by atoms with Gasteiger partial charge in [0.1, 0.15) is 22.6 Å². The normalized spacial score (nSPS) is 11.2. The lowest BCUT2D eigenvalue weighted by Gasteiger charge is -2.03. The fraction of sp³-hybridized carbons (Fsp3) is 0.0952. The molecule has 0 saturated carbocycles. The largest absolute Gasteiger partial charge is 0.435 e. The highest BCUT2D eigenvalue weighted by Crippen LogP contribution is 2.15. The number of nitriles is 2. The van der Waals surface area contributed by atoms with Crippen LogP contribution in [0.1, 0.15) is 11.1 Å². The van der Waals surface area contributed by atoms with Gasteiger partial charge >= 0.3 is 6.61 Å². The average molecular weight is 409 g/mol. The Bertz CT molecular complexity index is 1280. The van der Waals surface area contributed by atoms with Crippen molar-refractivity contribution in [1.82, 2.24) is 4.57 Å². The number of ether oxygens (including phenoxy) is 1. The number of aryl methyl sites for hydroxylation is 1. The van der Waals surface area contributed by atoms with Crippen LogP contribution in [0.4, 0.5) is 8.78 Å². The molecule has 0 saturated heterocycles. The van der Waals surface area contributed by atoms with Crippen molar-refractivity contribution < 1.29 is 13.5 Å². The second kappa shape index (κ2) is 8.51. The number of nitrogens with zero attached hydrogens (tertiary/aromatic N) is 3. The Morgan fingerprint density at radius 2 is 1.72 bits per heavy atom. The lowest BCUT2D eigenvalue weighted by Crippen LogP contribution is -2.30. The Hall–Kier alpha value is -3.75. The van der Waals surface area contributed by atoms with Crippen LogP contribution in [-0.2, 0) is 0 Å². The van der Waals surface area contributed by atoms with Crippen molar-refractivity contribution in [1.29, 1.82) is 10.5 Å². The standard InChI is InChI=1S/C21H13F2N3O2S/c1-13-2-6-16(7-3-13)26-19(27)18(29-20(26)15(11-24)12-25)10-14-4-8-17(9-5-14)28-21(22)23/h2-10,21H,1H3/b18-10+. The molecule has 0 amide bonds. The molecule has 0 N–H and O–H groups in total. The summed E-state index contributed by atoms with van der Waals surface area (Å²) in [5.41, 5.74) is 1.57. The summed E-state index contributed by atoms with van der Waals surface area (Å²) in [4.78, 5) is 13.0. The van der Waals surface area contributed by atoms with Gasteiger partial charge in [0.2, 0.25) is 0 Å². The van der Waals surface area contributed by atoms with Crippen molar-refractivity contribution in [3.05, 3.63) is 79.2 Å². The van der Waals surface area contributed by atoms with Crippen LogP contribution in [0.15, 0.2) is 53.3 Å². The molecule has 0 unspecified atom stereocenters. The van der Waals surface area contributed by atoms with Gasteiger partial charge in [0.15, 0.2) is 5.57 Å². The SMILES string of the molecule is Cc1ccc(-n2c(=C(C#N)C#N)s/c(=C/c3ccc(OC(F)F)cc3)c2=O)cc1. The molecule has 1 heterocycles. The Kier molecular flexibility index (Phi) is 5.87. The first-order valence-electron chi connectivity index (χ1n) is 8.33. The number of hydrogen-bond donors (Lipinski definition) is 0. The predicted molar refractivity (Wildman–Crippen MR) is 105 cm³/mol. The molecule has 2 aromatic carbocycles. The summed E-state index contributed by atoms with van der Waals surface area (Å²) in [6.45, 7) is -1.01. The zero-order chi connectivity index (χ0) is 21.0. The van der Waals surface area contributed by atoms with E-state index in [1.807, 2.05) is 31.2 Å². The molecule has 0 spiro atoms. The molecule has 5 nitrogen and oxygen atoms in total. The molecular weight excluding hydrogens is 396 g/mol. The summed E-state index contributed by atoms with van der Waals surface area (Å²) in [6, 6.07) is 16.6. The van der Waals surface area contributed by atoms with E-state index in [0.717, 1.165) is 16.9 Å². The summed E-state index contributed by atoms with van der Waals surface area (Å²) in [5, 5.41) is 18.6. The van der Waals surface area contributed by atoms with E-state index >= 15 is 0 Å². The van der Waals surface area contributed by atoms with Crippen molar-refractivity contribution in [2.75, 3.05) is 0 Å². The van der Waals surface area contributed by atoms with E-state index in [9.17, 15) is 24.1 Å². The van der Waals surface area contributed by atoms with Crippen LogP contribution in [0.25, 0.3) is 17.3 Å². The van der Waals surface area contributed by atoms with E-state index < -0.39 is 6.61 Å². The number of rotatable bonds is 4. The van der Waals surface area contributed by atoms with Gasteiger partial charge in [-0.2, -0.15) is 19.3 Å². The topological polar surface area (TPSA) is 78.8 Å². The summed E-state index contributed by atoms with van der Waals surface area (Å²) in [7, 11) is 0.